The van der Waals surface area contributed by atoms with Crippen LogP contribution in [-0.4, -0.2) is 27.5 Å². The number of pyridine rings is 2. The predicted octanol–water partition coefficient (Wildman–Crippen LogP) is 25.4. The lowest BCUT2D eigenvalue weighted by Crippen LogP contribution is -2.31. The van der Waals surface area contributed by atoms with Gasteiger partial charge in [0.15, 0.2) is 0 Å². The second-order valence-corrected chi connectivity index (χ2v) is 32.4. The fraction of sp³-hybridized carbons (Fsp3) is 0.649. The molecule has 0 fully saturated rings. The summed E-state index contributed by atoms with van der Waals surface area (Å²) >= 11 is 10.7. The Morgan fingerprint density at radius 2 is 0.884 bits per heavy atom. The molecule has 5 unspecified atom stereocenters. The summed E-state index contributed by atoms with van der Waals surface area (Å²) in [6.45, 7) is 33.6. The summed E-state index contributed by atoms with van der Waals surface area (Å²) in [7, 11) is 0. The number of unbranched alkanes of at least 4 members (excludes halogenated alkanes) is 8. The monoisotopic (exact) mass is 1270 g/mol. The molecule has 8 aromatic rings. The molecule has 5 atom stereocenters. The molecule has 9 rings (SSSR count). The zero-order valence-electron chi connectivity index (χ0n) is 55.5. The molecule has 86 heavy (non-hydrogen) atoms. The van der Waals surface area contributed by atoms with Crippen LogP contribution in [0.2, 0.25) is 0 Å². The SMILES string of the molecule is CCCCCCC(C)(CC)c1ccc(C(C)(CCC)c2cnc(-c3cc4c(s3)-c3sc(-c5ncc(C(CC)(CC)c6ccc(C(C)(CCC)CCCCCC)s6)c6nsnc56)cc3C4(CC(CC)CCCC)CC(CC)CCCC)c3nsnc23)s1. The van der Waals surface area contributed by atoms with Gasteiger partial charge >= 0.3 is 0 Å². The number of rotatable bonds is 37. The summed E-state index contributed by atoms with van der Waals surface area (Å²) in [5, 5.41) is 0. The van der Waals surface area contributed by atoms with Crippen LogP contribution in [0.5, 0.6) is 0 Å². The van der Waals surface area contributed by atoms with Crippen LogP contribution in [0.3, 0.4) is 0 Å². The van der Waals surface area contributed by atoms with E-state index in [2.05, 4.69) is 157 Å². The third kappa shape index (κ3) is 13.1. The van der Waals surface area contributed by atoms with Gasteiger partial charge in [-0.05, 0) is 117 Å². The Bertz CT molecular complexity index is 3400. The number of nitrogens with zero attached hydrogens (tertiary/aromatic N) is 6. The van der Waals surface area contributed by atoms with Gasteiger partial charge in [0, 0.05) is 79.9 Å². The fourth-order valence-electron chi connectivity index (χ4n) is 15.4. The summed E-state index contributed by atoms with van der Waals surface area (Å²) < 4.78 is 20.9. The van der Waals surface area contributed by atoms with Crippen LogP contribution >= 0.6 is 68.8 Å². The third-order valence-corrected chi connectivity index (χ3v) is 28.1. The first-order valence-electron chi connectivity index (χ1n) is 34.4. The van der Waals surface area contributed by atoms with Gasteiger partial charge < -0.3 is 0 Å². The fourth-order valence-corrected chi connectivity index (χ4v) is 22.2. The van der Waals surface area contributed by atoms with Gasteiger partial charge in [0.2, 0.25) is 0 Å². The standard InChI is InChI=1S/C74H106N6S6/c1-15-26-30-32-42-70(12,23-9)58-36-38-60(83-58)72(14,41-20-6)54-48-75-64(66-62(54)77-85-79-66)56-44-52-68(81-56)69-53(74(52,46-50(21-7)34-28-17-3)47-51(22-8)35-29-18-4)45-57(82-69)65-67-63(78-86-80-67)55(49-76-65)73(24-10,25-11)61-39-37-59(84-61)71(13,40-19-5)43-33-31-27-16-2/h36-39,44-45,48-51H,15-35,40-43,46-47H2,1-14H3. The normalized spacial score (nSPS) is 17.3. The molecule has 1 aliphatic carbocycles. The van der Waals surface area contributed by atoms with E-state index in [1.54, 1.807) is 4.88 Å². The molecule has 0 amide bonds. The molecule has 8 aromatic heterocycles. The van der Waals surface area contributed by atoms with Crippen LogP contribution in [0.15, 0.2) is 48.8 Å². The minimum Gasteiger partial charge on any atom is -0.253 e. The summed E-state index contributed by atoms with van der Waals surface area (Å²) in [4.78, 5) is 22.4. The van der Waals surface area contributed by atoms with Gasteiger partial charge in [-0.2, -0.15) is 17.5 Å². The van der Waals surface area contributed by atoms with E-state index < -0.39 is 0 Å². The highest BCUT2D eigenvalue weighted by atomic mass is 32.1. The lowest BCUT2D eigenvalue weighted by molar-refractivity contribution is 0.266. The van der Waals surface area contributed by atoms with Crippen LogP contribution in [0.25, 0.3) is 53.0 Å². The van der Waals surface area contributed by atoms with Crippen molar-refractivity contribution in [3.8, 4) is 30.9 Å². The smallest absolute Gasteiger partial charge is 0.132 e. The Kier molecular flexibility index (Phi) is 23.3. The Labute approximate surface area is 544 Å². The average Bonchev–Trinajstić information content (AvgIpc) is 1.78. The molecule has 0 saturated heterocycles. The topological polar surface area (TPSA) is 77.3 Å². The van der Waals surface area contributed by atoms with Gasteiger partial charge in [-0.15, -0.1) is 45.3 Å². The van der Waals surface area contributed by atoms with Crippen molar-refractivity contribution >= 4 is 90.9 Å². The van der Waals surface area contributed by atoms with Crippen molar-refractivity contribution in [1.29, 1.82) is 0 Å². The van der Waals surface area contributed by atoms with Crippen LogP contribution in [0, 0.1) is 11.8 Å². The van der Waals surface area contributed by atoms with Crippen molar-refractivity contribution in [3.05, 3.63) is 90.6 Å². The van der Waals surface area contributed by atoms with Gasteiger partial charge in [0.25, 0.3) is 0 Å². The largest absolute Gasteiger partial charge is 0.253 e. The molecule has 12 heteroatoms. The molecule has 0 aliphatic heterocycles. The Morgan fingerprint density at radius 1 is 0.430 bits per heavy atom. The first-order chi connectivity index (χ1) is 41.7. The molecule has 0 spiro atoms. The predicted molar refractivity (Wildman–Crippen MR) is 381 cm³/mol. The molecule has 0 radical (unpaired) electrons. The van der Waals surface area contributed by atoms with Crippen molar-refractivity contribution in [3.63, 3.8) is 0 Å². The lowest BCUT2D eigenvalue weighted by Gasteiger charge is -2.37. The maximum Gasteiger partial charge on any atom is 0.132 e. The maximum atomic E-state index is 5.61. The van der Waals surface area contributed by atoms with Crippen molar-refractivity contribution in [1.82, 2.24) is 27.5 Å². The lowest BCUT2D eigenvalue weighted by atomic mass is 9.65. The first-order valence-corrected chi connectivity index (χ1v) is 39.2. The molecule has 0 bridgehead atoms. The van der Waals surface area contributed by atoms with E-state index in [4.69, 9.17) is 27.5 Å². The van der Waals surface area contributed by atoms with Crippen molar-refractivity contribution in [2.24, 2.45) is 11.8 Å². The van der Waals surface area contributed by atoms with Crippen LogP contribution in [0.4, 0.5) is 0 Å². The zero-order valence-corrected chi connectivity index (χ0v) is 60.4. The second-order valence-electron chi connectivity index (χ2n) is 27.0. The number of thiophene rings is 4. The first kappa shape index (κ1) is 67.1. The second kappa shape index (κ2) is 29.8. The molecule has 8 heterocycles. The van der Waals surface area contributed by atoms with E-state index in [1.807, 2.05) is 34.0 Å². The zero-order chi connectivity index (χ0) is 61.3. The quantitative estimate of drug-likeness (QED) is 0.0361. The minimum absolute atomic E-state index is 0.145. The van der Waals surface area contributed by atoms with Gasteiger partial charge in [-0.25, -0.2) is 0 Å². The molecule has 0 N–H and O–H groups in total. The van der Waals surface area contributed by atoms with Gasteiger partial charge in [-0.1, -0.05) is 213 Å². The number of aromatic nitrogens is 6. The maximum absolute atomic E-state index is 5.61. The summed E-state index contributed by atoms with van der Waals surface area (Å²) in [5.41, 5.74) is 11.2. The van der Waals surface area contributed by atoms with E-state index >= 15 is 0 Å². The molecular weight excluding hydrogens is 1170 g/mol. The van der Waals surface area contributed by atoms with Gasteiger partial charge in [0.05, 0.1) is 33.2 Å². The van der Waals surface area contributed by atoms with Crippen molar-refractivity contribution in [2.75, 3.05) is 0 Å². The van der Waals surface area contributed by atoms with E-state index in [-0.39, 0.29) is 27.1 Å². The molecule has 0 aromatic carbocycles. The number of hydrogen-bond acceptors (Lipinski definition) is 12. The van der Waals surface area contributed by atoms with Crippen molar-refractivity contribution < 1.29 is 0 Å². The van der Waals surface area contributed by atoms with E-state index in [9.17, 15) is 0 Å². The van der Waals surface area contributed by atoms with E-state index in [1.165, 1.54) is 208 Å². The highest BCUT2D eigenvalue weighted by Gasteiger charge is 2.49. The highest BCUT2D eigenvalue weighted by Crippen LogP contribution is 2.63. The average molecular weight is 1270 g/mol. The Hall–Kier alpha value is -3.26. The van der Waals surface area contributed by atoms with Gasteiger partial charge in [-0.3, -0.25) is 9.97 Å². The van der Waals surface area contributed by atoms with E-state index in [0.29, 0.717) is 11.8 Å². The third-order valence-electron chi connectivity index (χ3n) is 21.3. The summed E-state index contributed by atoms with van der Waals surface area (Å²) in [6.07, 6.45) is 37.2. The summed E-state index contributed by atoms with van der Waals surface area (Å²) in [5.74, 6) is 1.23. The van der Waals surface area contributed by atoms with Crippen molar-refractivity contribution in [2.45, 2.75) is 297 Å². The molecular formula is C74H106N6S6. The van der Waals surface area contributed by atoms with E-state index in [0.717, 1.165) is 78.4 Å². The molecule has 6 nitrogen and oxygen atoms in total. The summed E-state index contributed by atoms with van der Waals surface area (Å²) in [6, 6.07) is 15.1. The Morgan fingerprint density at radius 3 is 1.37 bits per heavy atom. The van der Waals surface area contributed by atoms with Crippen LogP contribution < -0.4 is 0 Å². The molecule has 0 saturated carbocycles. The molecule has 468 valence electrons. The number of hydrogen-bond donors (Lipinski definition) is 0. The van der Waals surface area contributed by atoms with Gasteiger partial charge in [0.1, 0.15) is 33.5 Å². The van der Waals surface area contributed by atoms with Crippen LogP contribution in [0.1, 0.15) is 312 Å². The van der Waals surface area contributed by atoms with Crippen LogP contribution in [-0.2, 0) is 27.1 Å². The molecule has 1 aliphatic rings. The Balaban J connectivity index is 1.16. The minimum atomic E-state index is -0.236. The number of fused-ring (bicyclic) bond motifs is 5. The highest BCUT2D eigenvalue weighted by molar-refractivity contribution is 7.26.